The number of hydrogen-bond acceptors (Lipinski definition) is 2. The predicted molar refractivity (Wildman–Crippen MR) is 78.5 cm³/mol. The normalized spacial score (nSPS) is 26.9. The third-order valence-corrected chi connectivity index (χ3v) is 4.03. The van der Waals surface area contributed by atoms with Crippen molar-refractivity contribution in [2.45, 2.75) is 65.3 Å². The number of benzene rings is 1. The lowest BCUT2D eigenvalue weighted by Gasteiger charge is -2.41. The van der Waals surface area contributed by atoms with Crippen LogP contribution in [0.4, 0.5) is 0 Å². The number of hydrogen-bond donors (Lipinski definition) is 0. The Morgan fingerprint density at radius 3 is 2.26 bits per heavy atom. The Balaban J connectivity index is 1.99. The Hall–Kier alpha value is -1.02. The van der Waals surface area contributed by atoms with Gasteiger partial charge >= 0.3 is 0 Å². The van der Waals surface area contributed by atoms with Crippen LogP contribution in [0.25, 0.3) is 0 Å². The molecule has 3 atom stereocenters. The molecule has 1 aliphatic heterocycles. The van der Waals surface area contributed by atoms with Crippen LogP contribution in [0.5, 0.6) is 5.75 Å². The van der Waals surface area contributed by atoms with Gasteiger partial charge in [0.15, 0.2) is 0 Å². The highest BCUT2D eigenvalue weighted by Gasteiger charge is 2.36. The maximum absolute atomic E-state index is 6.04. The van der Waals surface area contributed by atoms with E-state index in [1.54, 1.807) is 0 Å². The summed E-state index contributed by atoms with van der Waals surface area (Å²) in [5.74, 6) is 1.55. The van der Waals surface area contributed by atoms with Gasteiger partial charge in [-0.3, -0.25) is 0 Å². The average molecular weight is 262 g/mol. The van der Waals surface area contributed by atoms with Gasteiger partial charge in [-0.05, 0) is 44.9 Å². The molecule has 1 heterocycles. The van der Waals surface area contributed by atoms with Gasteiger partial charge in [-0.1, -0.05) is 32.4 Å². The lowest BCUT2D eigenvalue weighted by atomic mass is 9.87. The molecule has 0 spiro atoms. The molecule has 0 N–H and O–H groups in total. The Kier molecular flexibility index (Phi) is 4.19. The second-order valence-electron chi connectivity index (χ2n) is 6.30. The maximum atomic E-state index is 6.04. The van der Waals surface area contributed by atoms with E-state index < -0.39 is 0 Å². The summed E-state index contributed by atoms with van der Waals surface area (Å²) in [6.07, 6.45) is 2.84. The second-order valence-corrected chi connectivity index (χ2v) is 6.30. The van der Waals surface area contributed by atoms with Crippen molar-refractivity contribution in [2.75, 3.05) is 0 Å². The number of rotatable bonds is 5. The largest absolute Gasteiger partial charge is 0.488 e. The highest BCUT2D eigenvalue weighted by Crippen LogP contribution is 2.40. The van der Waals surface area contributed by atoms with Gasteiger partial charge in [-0.2, -0.15) is 0 Å². The molecule has 0 aromatic heterocycles. The number of ether oxygens (including phenoxy) is 2. The molecule has 0 amide bonds. The van der Waals surface area contributed by atoms with Crippen molar-refractivity contribution in [3.05, 3.63) is 29.8 Å². The smallest absolute Gasteiger partial charge is 0.120 e. The van der Waals surface area contributed by atoms with Crippen molar-refractivity contribution in [3.63, 3.8) is 0 Å². The van der Waals surface area contributed by atoms with E-state index in [1.165, 1.54) is 5.56 Å². The summed E-state index contributed by atoms with van der Waals surface area (Å²) in [5, 5.41) is 0. The fourth-order valence-corrected chi connectivity index (χ4v) is 2.72. The summed E-state index contributed by atoms with van der Waals surface area (Å²) in [5.41, 5.74) is 1.16. The first-order chi connectivity index (χ1) is 8.93. The minimum atomic E-state index is -0.0922. The van der Waals surface area contributed by atoms with Crippen molar-refractivity contribution in [1.82, 2.24) is 0 Å². The molecule has 2 rings (SSSR count). The minimum absolute atomic E-state index is 0.0922. The monoisotopic (exact) mass is 262 g/mol. The molecule has 106 valence electrons. The summed E-state index contributed by atoms with van der Waals surface area (Å²) < 4.78 is 11.8. The standard InChI is InChI=1S/C17H26O2/c1-6-11-17(4,5)19-15-9-7-14(8-10-15)16-12(2)13(3)18-16/h7-10,12-13,16H,6,11H2,1-5H3. The van der Waals surface area contributed by atoms with Gasteiger partial charge in [-0.15, -0.1) is 0 Å². The van der Waals surface area contributed by atoms with Crippen LogP contribution >= 0.6 is 0 Å². The molecule has 0 aliphatic carbocycles. The highest BCUT2D eigenvalue weighted by molar-refractivity contribution is 5.30. The van der Waals surface area contributed by atoms with Crippen LogP contribution in [0, 0.1) is 5.92 Å². The van der Waals surface area contributed by atoms with Crippen LogP contribution in [-0.2, 0) is 4.74 Å². The molecule has 1 fully saturated rings. The van der Waals surface area contributed by atoms with Gasteiger partial charge < -0.3 is 9.47 Å². The van der Waals surface area contributed by atoms with Crippen LogP contribution in [-0.4, -0.2) is 11.7 Å². The van der Waals surface area contributed by atoms with Crippen LogP contribution in [0.15, 0.2) is 24.3 Å². The first-order valence-corrected chi connectivity index (χ1v) is 7.37. The van der Waals surface area contributed by atoms with Gasteiger partial charge in [0.05, 0.1) is 12.2 Å². The van der Waals surface area contributed by atoms with Gasteiger partial charge in [0.2, 0.25) is 0 Å². The quantitative estimate of drug-likeness (QED) is 0.763. The molecule has 1 aromatic carbocycles. The van der Waals surface area contributed by atoms with E-state index in [2.05, 4.69) is 58.9 Å². The van der Waals surface area contributed by atoms with Crippen LogP contribution in [0.1, 0.15) is 59.1 Å². The molecule has 0 radical (unpaired) electrons. The summed E-state index contributed by atoms with van der Waals surface area (Å²) in [7, 11) is 0. The molecule has 0 saturated carbocycles. The molecule has 1 aromatic rings. The van der Waals surface area contributed by atoms with Crippen LogP contribution < -0.4 is 4.74 Å². The van der Waals surface area contributed by atoms with Gasteiger partial charge in [0.1, 0.15) is 11.4 Å². The topological polar surface area (TPSA) is 18.5 Å². The van der Waals surface area contributed by atoms with Crippen molar-refractivity contribution in [3.8, 4) is 5.75 Å². The Labute approximate surface area is 117 Å². The van der Waals surface area contributed by atoms with Crippen molar-refractivity contribution in [1.29, 1.82) is 0 Å². The van der Waals surface area contributed by atoms with E-state index in [-0.39, 0.29) is 11.7 Å². The average Bonchev–Trinajstić information content (AvgIpc) is 2.36. The van der Waals surface area contributed by atoms with Crippen LogP contribution in [0.2, 0.25) is 0 Å². The Morgan fingerprint density at radius 1 is 1.16 bits per heavy atom. The Bertz CT molecular complexity index is 408. The Morgan fingerprint density at radius 2 is 1.79 bits per heavy atom. The summed E-state index contributed by atoms with van der Waals surface area (Å²) in [4.78, 5) is 0. The van der Waals surface area contributed by atoms with Crippen molar-refractivity contribution in [2.24, 2.45) is 5.92 Å². The zero-order chi connectivity index (χ0) is 14.0. The third kappa shape index (κ3) is 3.30. The zero-order valence-electron chi connectivity index (χ0n) is 12.8. The molecule has 2 nitrogen and oxygen atoms in total. The van der Waals surface area contributed by atoms with E-state index in [1.807, 2.05) is 0 Å². The van der Waals surface area contributed by atoms with E-state index in [4.69, 9.17) is 9.47 Å². The molecule has 2 heteroatoms. The predicted octanol–water partition coefficient (Wildman–Crippen LogP) is 4.74. The van der Waals surface area contributed by atoms with Crippen molar-refractivity contribution < 1.29 is 9.47 Å². The van der Waals surface area contributed by atoms with E-state index in [9.17, 15) is 0 Å². The molecule has 0 bridgehead atoms. The highest BCUT2D eigenvalue weighted by atomic mass is 16.5. The SMILES string of the molecule is CCCC(C)(C)Oc1ccc(C2OC(C)C2C)cc1. The molecule has 19 heavy (non-hydrogen) atoms. The molecule has 1 aliphatic rings. The molecule has 3 unspecified atom stereocenters. The van der Waals surface area contributed by atoms with Crippen LogP contribution in [0.3, 0.4) is 0 Å². The fraction of sp³-hybridized carbons (Fsp3) is 0.647. The summed E-state index contributed by atoms with van der Waals surface area (Å²) >= 11 is 0. The van der Waals surface area contributed by atoms with E-state index in [0.29, 0.717) is 12.0 Å². The lowest BCUT2D eigenvalue weighted by molar-refractivity contribution is -0.170. The summed E-state index contributed by atoms with van der Waals surface area (Å²) in [6.45, 7) is 10.8. The molecule has 1 saturated heterocycles. The second kappa shape index (κ2) is 5.54. The first-order valence-electron chi connectivity index (χ1n) is 7.37. The molecular formula is C17H26O2. The summed E-state index contributed by atoms with van der Waals surface area (Å²) in [6, 6.07) is 8.38. The fourth-order valence-electron chi connectivity index (χ4n) is 2.72. The third-order valence-electron chi connectivity index (χ3n) is 4.03. The maximum Gasteiger partial charge on any atom is 0.120 e. The van der Waals surface area contributed by atoms with Gasteiger partial charge in [0.25, 0.3) is 0 Å². The van der Waals surface area contributed by atoms with Gasteiger partial charge in [-0.25, -0.2) is 0 Å². The van der Waals surface area contributed by atoms with Gasteiger partial charge in [0, 0.05) is 5.92 Å². The lowest BCUT2D eigenvalue weighted by Crippen LogP contribution is -2.38. The van der Waals surface area contributed by atoms with Crippen molar-refractivity contribution >= 4 is 0 Å². The van der Waals surface area contributed by atoms with E-state index in [0.717, 1.165) is 18.6 Å². The minimum Gasteiger partial charge on any atom is -0.488 e. The molecular weight excluding hydrogens is 236 g/mol. The van der Waals surface area contributed by atoms with E-state index >= 15 is 0 Å². The zero-order valence-corrected chi connectivity index (χ0v) is 12.8. The first kappa shape index (κ1) is 14.4.